The van der Waals surface area contributed by atoms with E-state index in [9.17, 15) is 9.50 Å². The molecule has 1 aromatic rings. The SMILES string of the molecule is COc1cc(CCC2(N)CC2)cc(O)c1F. The van der Waals surface area contributed by atoms with Crippen LogP contribution < -0.4 is 10.5 Å². The Bertz CT molecular complexity index is 402. The lowest BCUT2D eigenvalue weighted by Crippen LogP contribution is -2.22. The summed E-state index contributed by atoms with van der Waals surface area (Å²) in [5.74, 6) is -0.992. The number of rotatable bonds is 4. The van der Waals surface area contributed by atoms with Crippen LogP contribution in [0.15, 0.2) is 12.1 Å². The number of hydrogen-bond donors (Lipinski definition) is 2. The third kappa shape index (κ3) is 2.27. The Labute approximate surface area is 94.0 Å². The molecular formula is C12H16FNO2. The minimum absolute atomic E-state index is 0.0305. The summed E-state index contributed by atoms with van der Waals surface area (Å²) < 4.78 is 18.1. The highest BCUT2D eigenvalue weighted by Gasteiger charge is 2.37. The van der Waals surface area contributed by atoms with Crippen LogP contribution >= 0.6 is 0 Å². The van der Waals surface area contributed by atoms with Gasteiger partial charge in [0, 0.05) is 5.54 Å². The van der Waals surface area contributed by atoms with Crippen molar-refractivity contribution in [2.75, 3.05) is 7.11 Å². The molecule has 0 aromatic heterocycles. The quantitative estimate of drug-likeness (QED) is 0.823. The summed E-state index contributed by atoms with van der Waals surface area (Å²) in [6.45, 7) is 0. The first-order valence-corrected chi connectivity index (χ1v) is 5.38. The van der Waals surface area contributed by atoms with Crippen LogP contribution in [0.2, 0.25) is 0 Å². The van der Waals surface area contributed by atoms with Gasteiger partial charge >= 0.3 is 0 Å². The van der Waals surface area contributed by atoms with Gasteiger partial charge in [0.1, 0.15) is 0 Å². The summed E-state index contributed by atoms with van der Waals surface area (Å²) in [4.78, 5) is 0. The maximum Gasteiger partial charge on any atom is 0.206 e. The number of benzene rings is 1. The van der Waals surface area contributed by atoms with Gasteiger partial charge in [-0.1, -0.05) is 0 Å². The van der Waals surface area contributed by atoms with Crippen molar-refractivity contribution in [1.82, 2.24) is 0 Å². The minimum Gasteiger partial charge on any atom is -0.505 e. The Hall–Kier alpha value is -1.29. The fourth-order valence-corrected chi connectivity index (χ4v) is 1.74. The maximum atomic E-state index is 13.3. The van der Waals surface area contributed by atoms with Crippen LogP contribution in [-0.2, 0) is 6.42 Å². The van der Waals surface area contributed by atoms with Gasteiger partial charge in [-0.05, 0) is 43.4 Å². The molecule has 1 aliphatic carbocycles. The highest BCUT2D eigenvalue weighted by Crippen LogP contribution is 2.37. The fourth-order valence-electron chi connectivity index (χ4n) is 1.74. The van der Waals surface area contributed by atoms with Crippen molar-refractivity contribution in [3.63, 3.8) is 0 Å². The van der Waals surface area contributed by atoms with Crippen molar-refractivity contribution in [3.05, 3.63) is 23.5 Å². The standard InChI is InChI=1S/C12H16FNO2/c1-16-10-7-8(6-9(15)11(10)13)2-3-12(14)4-5-12/h6-7,15H,2-5,14H2,1H3. The number of halogens is 1. The Balaban J connectivity index is 2.11. The zero-order valence-corrected chi connectivity index (χ0v) is 9.29. The molecule has 0 unspecified atom stereocenters. The Morgan fingerprint density at radius 3 is 2.75 bits per heavy atom. The first-order valence-electron chi connectivity index (χ1n) is 5.38. The van der Waals surface area contributed by atoms with Gasteiger partial charge in [-0.15, -0.1) is 0 Å². The molecular weight excluding hydrogens is 209 g/mol. The average molecular weight is 225 g/mol. The van der Waals surface area contributed by atoms with Gasteiger partial charge in [-0.25, -0.2) is 0 Å². The van der Waals surface area contributed by atoms with E-state index in [0.29, 0.717) is 0 Å². The van der Waals surface area contributed by atoms with Crippen molar-refractivity contribution in [3.8, 4) is 11.5 Å². The number of phenols is 1. The smallest absolute Gasteiger partial charge is 0.206 e. The maximum absolute atomic E-state index is 13.3. The third-order valence-corrected chi connectivity index (χ3v) is 3.10. The highest BCUT2D eigenvalue weighted by molar-refractivity contribution is 5.39. The minimum atomic E-state index is -0.708. The second kappa shape index (κ2) is 3.94. The molecule has 1 aromatic carbocycles. The molecule has 0 bridgehead atoms. The van der Waals surface area contributed by atoms with Gasteiger partial charge in [-0.3, -0.25) is 0 Å². The van der Waals surface area contributed by atoms with E-state index in [2.05, 4.69) is 0 Å². The number of aromatic hydroxyl groups is 1. The van der Waals surface area contributed by atoms with E-state index < -0.39 is 5.82 Å². The van der Waals surface area contributed by atoms with E-state index >= 15 is 0 Å². The van der Waals surface area contributed by atoms with Gasteiger partial charge in [0.25, 0.3) is 0 Å². The first kappa shape index (κ1) is 11.2. The van der Waals surface area contributed by atoms with Crippen LogP contribution in [0.4, 0.5) is 4.39 Å². The molecule has 1 aliphatic rings. The van der Waals surface area contributed by atoms with Crippen LogP contribution in [-0.4, -0.2) is 17.8 Å². The Kier molecular flexibility index (Phi) is 2.76. The lowest BCUT2D eigenvalue weighted by molar-refractivity contribution is 0.363. The molecule has 16 heavy (non-hydrogen) atoms. The van der Waals surface area contributed by atoms with E-state index in [-0.39, 0.29) is 17.0 Å². The lowest BCUT2D eigenvalue weighted by Gasteiger charge is -2.10. The molecule has 0 spiro atoms. The number of hydrogen-bond acceptors (Lipinski definition) is 3. The molecule has 0 radical (unpaired) electrons. The fraction of sp³-hybridized carbons (Fsp3) is 0.500. The zero-order valence-electron chi connectivity index (χ0n) is 9.29. The van der Waals surface area contributed by atoms with Crippen LogP contribution in [0.5, 0.6) is 11.5 Å². The van der Waals surface area contributed by atoms with Crippen molar-refractivity contribution in [2.24, 2.45) is 5.73 Å². The van der Waals surface area contributed by atoms with E-state index in [4.69, 9.17) is 10.5 Å². The van der Waals surface area contributed by atoms with Gasteiger partial charge < -0.3 is 15.6 Å². The van der Waals surface area contributed by atoms with Crippen molar-refractivity contribution < 1.29 is 14.2 Å². The number of phenolic OH excluding ortho intramolecular Hbond substituents is 1. The largest absolute Gasteiger partial charge is 0.505 e. The second-order valence-electron chi connectivity index (χ2n) is 4.49. The lowest BCUT2D eigenvalue weighted by atomic mass is 10.0. The number of nitrogens with two attached hydrogens (primary N) is 1. The molecule has 1 fully saturated rings. The normalized spacial score (nSPS) is 17.2. The number of ether oxygens (including phenoxy) is 1. The Morgan fingerprint density at radius 1 is 1.50 bits per heavy atom. The van der Waals surface area contributed by atoms with Crippen LogP contribution in [0.1, 0.15) is 24.8 Å². The van der Waals surface area contributed by atoms with Crippen molar-refractivity contribution in [1.29, 1.82) is 0 Å². The number of aryl methyl sites for hydroxylation is 1. The van der Waals surface area contributed by atoms with Crippen LogP contribution in [0, 0.1) is 5.82 Å². The van der Waals surface area contributed by atoms with Crippen molar-refractivity contribution >= 4 is 0 Å². The molecule has 2 rings (SSSR count). The van der Waals surface area contributed by atoms with E-state index in [0.717, 1.165) is 31.2 Å². The molecule has 0 aliphatic heterocycles. The van der Waals surface area contributed by atoms with E-state index in [1.54, 1.807) is 6.07 Å². The molecule has 0 heterocycles. The predicted molar refractivity (Wildman–Crippen MR) is 59.1 cm³/mol. The molecule has 1 saturated carbocycles. The van der Waals surface area contributed by atoms with E-state index in [1.165, 1.54) is 13.2 Å². The molecule has 3 N–H and O–H groups in total. The summed E-state index contributed by atoms with van der Waals surface area (Å²) in [5.41, 5.74) is 6.79. The van der Waals surface area contributed by atoms with Gasteiger partial charge in [0.15, 0.2) is 11.5 Å². The second-order valence-corrected chi connectivity index (χ2v) is 4.49. The molecule has 88 valence electrons. The van der Waals surface area contributed by atoms with E-state index in [1.807, 2.05) is 0 Å². The summed E-state index contributed by atoms with van der Waals surface area (Å²) in [7, 11) is 1.38. The topological polar surface area (TPSA) is 55.5 Å². The third-order valence-electron chi connectivity index (χ3n) is 3.10. The monoisotopic (exact) mass is 225 g/mol. The molecule has 0 saturated heterocycles. The van der Waals surface area contributed by atoms with Crippen LogP contribution in [0.25, 0.3) is 0 Å². The predicted octanol–water partition coefficient (Wildman–Crippen LogP) is 1.96. The molecule has 3 nitrogen and oxygen atoms in total. The average Bonchev–Trinajstić information content (AvgIpc) is 2.99. The summed E-state index contributed by atoms with van der Waals surface area (Å²) in [6.07, 6.45) is 3.70. The van der Waals surface area contributed by atoms with Gasteiger partial charge in [-0.2, -0.15) is 4.39 Å². The highest BCUT2D eigenvalue weighted by atomic mass is 19.1. The summed E-state index contributed by atoms with van der Waals surface area (Å²) >= 11 is 0. The van der Waals surface area contributed by atoms with Gasteiger partial charge in [0.05, 0.1) is 7.11 Å². The van der Waals surface area contributed by atoms with Crippen LogP contribution in [0.3, 0.4) is 0 Å². The number of methoxy groups -OCH3 is 1. The molecule has 4 heteroatoms. The summed E-state index contributed by atoms with van der Waals surface area (Å²) in [6, 6.07) is 3.05. The summed E-state index contributed by atoms with van der Waals surface area (Å²) in [5, 5.41) is 9.37. The Morgan fingerprint density at radius 2 is 2.19 bits per heavy atom. The first-order chi connectivity index (χ1) is 7.54. The molecule has 0 atom stereocenters. The van der Waals surface area contributed by atoms with Gasteiger partial charge in [0.2, 0.25) is 5.82 Å². The van der Waals surface area contributed by atoms with Crippen molar-refractivity contribution in [2.45, 2.75) is 31.2 Å². The zero-order chi connectivity index (χ0) is 11.8. The molecule has 0 amide bonds.